The van der Waals surface area contributed by atoms with Crippen molar-refractivity contribution >= 4 is 17.6 Å². The topological polar surface area (TPSA) is 58.6 Å². The first kappa shape index (κ1) is 19.3. The van der Waals surface area contributed by atoms with Gasteiger partial charge in [0.25, 0.3) is 0 Å². The minimum absolute atomic E-state index is 0.0198. The molecule has 4 nitrogen and oxygen atoms in total. The Labute approximate surface area is 153 Å². The zero-order chi connectivity index (χ0) is 18.4. The zero-order valence-electron chi connectivity index (χ0n) is 14.8. The van der Waals surface area contributed by atoms with Crippen LogP contribution in [0.4, 0.5) is 0 Å². The number of halogens is 1. The molecular formula is C20H24ClNO3. The van der Waals surface area contributed by atoms with E-state index >= 15 is 0 Å². The smallest absolute Gasteiger partial charge is 0.320 e. The van der Waals surface area contributed by atoms with Gasteiger partial charge in [-0.2, -0.15) is 0 Å². The minimum atomic E-state index is -0.862. The highest BCUT2D eigenvalue weighted by Crippen LogP contribution is 2.24. The summed E-state index contributed by atoms with van der Waals surface area (Å²) in [5, 5.41) is 13.0. The number of aliphatic carboxylic acids is 1. The highest BCUT2D eigenvalue weighted by molar-refractivity contribution is 6.30. The molecule has 0 aliphatic heterocycles. The normalized spacial score (nSPS) is 12.2. The second-order valence-corrected chi connectivity index (χ2v) is 6.90. The number of aryl methyl sites for hydroxylation is 1. The summed E-state index contributed by atoms with van der Waals surface area (Å²) >= 11 is 6.09. The third-order valence-corrected chi connectivity index (χ3v) is 4.22. The molecule has 0 bridgehead atoms. The monoisotopic (exact) mass is 361 g/mol. The van der Waals surface area contributed by atoms with Crippen LogP contribution in [-0.2, 0) is 17.9 Å². The van der Waals surface area contributed by atoms with Gasteiger partial charge in [0.1, 0.15) is 18.4 Å². The van der Waals surface area contributed by atoms with E-state index in [0.717, 1.165) is 11.1 Å². The molecule has 2 N–H and O–H groups in total. The lowest BCUT2D eigenvalue weighted by Crippen LogP contribution is -2.40. The number of hydrogen-bond acceptors (Lipinski definition) is 3. The van der Waals surface area contributed by atoms with Crippen molar-refractivity contribution in [2.24, 2.45) is 5.92 Å². The van der Waals surface area contributed by atoms with E-state index in [9.17, 15) is 9.90 Å². The highest BCUT2D eigenvalue weighted by atomic mass is 35.5. The maximum atomic E-state index is 11.3. The minimum Gasteiger partial charge on any atom is -0.489 e. The van der Waals surface area contributed by atoms with Gasteiger partial charge in [0.2, 0.25) is 0 Å². The molecule has 0 fully saturated rings. The Hall–Kier alpha value is -2.04. The molecular weight excluding hydrogens is 338 g/mol. The van der Waals surface area contributed by atoms with Crippen molar-refractivity contribution in [1.82, 2.24) is 5.32 Å². The Bertz CT molecular complexity index is 713. The molecule has 2 aromatic carbocycles. The van der Waals surface area contributed by atoms with Crippen LogP contribution in [0.5, 0.6) is 5.75 Å². The number of carboxylic acid groups (broad SMARTS) is 1. The van der Waals surface area contributed by atoms with E-state index in [2.05, 4.69) is 5.32 Å². The molecule has 0 heterocycles. The van der Waals surface area contributed by atoms with Crippen LogP contribution in [0.1, 0.15) is 30.5 Å². The van der Waals surface area contributed by atoms with Gasteiger partial charge in [0, 0.05) is 17.1 Å². The molecule has 2 rings (SSSR count). The summed E-state index contributed by atoms with van der Waals surface area (Å²) in [5.74, 6) is -0.182. The second kappa shape index (κ2) is 8.88. The van der Waals surface area contributed by atoms with E-state index in [-0.39, 0.29) is 5.92 Å². The van der Waals surface area contributed by atoms with Crippen molar-refractivity contribution in [3.63, 3.8) is 0 Å². The van der Waals surface area contributed by atoms with Crippen LogP contribution >= 0.6 is 11.6 Å². The summed E-state index contributed by atoms with van der Waals surface area (Å²) in [6.45, 7) is 6.61. The van der Waals surface area contributed by atoms with Crippen molar-refractivity contribution in [2.45, 2.75) is 40.0 Å². The first-order chi connectivity index (χ1) is 11.9. The van der Waals surface area contributed by atoms with Crippen molar-refractivity contribution in [2.75, 3.05) is 0 Å². The molecule has 0 saturated heterocycles. The first-order valence-corrected chi connectivity index (χ1v) is 8.67. The van der Waals surface area contributed by atoms with Crippen LogP contribution in [0.25, 0.3) is 0 Å². The Morgan fingerprint density at radius 1 is 1.20 bits per heavy atom. The van der Waals surface area contributed by atoms with Gasteiger partial charge in [0.15, 0.2) is 0 Å². The Balaban J connectivity index is 2.08. The number of rotatable bonds is 8. The van der Waals surface area contributed by atoms with E-state index in [1.54, 1.807) is 12.1 Å². The van der Waals surface area contributed by atoms with Crippen LogP contribution in [0, 0.1) is 12.8 Å². The van der Waals surface area contributed by atoms with Crippen molar-refractivity contribution in [3.8, 4) is 5.75 Å². The average molecular weight is 362 g/mol. The largest absolute Gasteiger partial charge is 0.489 e. The molecule has 0 spiro atoms. The quantitative estimate of drug-likeness (QED) is 0.730. The zero-order valence-corrected chi connectivity index (χ0v) is 15.5. The predicted molar refractivity (Wildman–Crippen MR) is 100 cm³/mol. The van der Waals surface area contributed by atoms with Gasteiger partial charge in [-0.15, -0.1) is 0 Å². The third-order valence-electron chi connectivity index (χ3n) is 3.98. The molecule has 0 aliphatic carbocycles. The van der Waals surface area contributed by atoms with Gasteiger partial charge in [-0.25, -0.2) is 0 Å². The lowest BCUT2D eigenvalue weighted by atomic mass is 10.0. The van der Waals surface area contributed by atoms with Crippen LogP contribution in [-0.4, -0.2) is 17.1 Å². The summed E-state index contributed by atoms with van der Waals surface area (Å²) in [4.78, 5) is 11.3. The van der Waals surface area contributed by atoms with E-state index in [0.29, 0.717) is 23.9 Å². The van der Waals surface area contributed by atoms with Gasteiger partial charge in [-0.05, 0) is 36.6 Å². The molecule has 0 saturated carbocycles. The summed E-state index contributed by atoms with van der Waals surface area (Å²) in [7, 11) is 0. The lowest BCUT2D eigenvalue weighted by Gasteiger charge is -2.19. The first-order valence-electron chi connectivity index (χ1n) is 8.29. The molecule has 5 heteroatoms. The van der Waals surface area contributed by atoms with Crippen LogP contribution < -0.4 is 10.1 Å². The van der Waals surface area contributed by atoms with Crippen molar-refractivity contribution < 1.29 is 14.6 Å². The van der Waals surface area contributed by atoms with Gasteiger partial charge in [-0.1, -0.05) is 55.3 Å². The molecule has 134 valence electrons. The summed E-state index contributed by atoms with van der Waals surface area (Å²) in [6, 6.07) is 12.9. The average Bonchev–Trinajstić information content (AvgIpc) is 2.55. The van der Waals surface area contributed by atoms with Crippen molar-refractivity contribution in [1.29, 1.82) is 0 Å². The number of hydrogen-bond donors (Lipinski definition) is 2. The Morgan fingerprint density at radius 3 is 2.48 bits per heavy atom. The number of carbonyl (C=O) groups is 1. The third kappa shape index (κ3) is 5.76. The maximum absolute atomic E-state index is 11.3. The number of benzene rings is 2. The van der Waals surface area contributed by atoms with Crippen LogP contribution in [0.15, 0.2) is 42.5 Å². The van der Waals surface area contributed by atoms with E-state index in [4.69, 9.17) is 16.3 Å². The molecule has 0 radical (unpaired) electrons. The standard InChI is InChI=1S/C20H24ClNO3/c1-13(2)19(20(23)24)22-11-16-10-17(21)8-9-18(16)25-12-15-6-4-14(3)5-7-15/h4-10,13,19,22H,11-12H2,1-3H3,(H,23,24). The molecule has 0 aliphatic rings. The maximum Gasteiger partial charge on any atom is 0.320 e. The number of nitrogens with one attached hydrogen (secondary N) is 1. The van der Waals surface area contributed by atoms with Crippen LogP contribution in [0.3, 0.4) is 0 Å². The Morgan fingerprint density at radius 2 is 1.88 bits per heavy atom. The molecule has 1 unspecified atom stereocenters. The number of carboxylic acids is 1. The lowest BCUT2D eigenvalue weighted by molar-refractivity contribution is -0.140. The fourth-order valence-corrected chi connectivity index (χ4v) is 2.70. The van der Waals surface area contributed by atoms with Gasteiger partial charge >= 0.3 is 5.97 Å². The summed E-state index contributed by atoms with van der Waals surface area (Å²) in [5.41, 5.74) is 3.12. The molecule has 0 aromatic heterocycles. The summed E-state index contributed by atoms with van der Waals surface area (Å²) < 4.78 is 5.93. The predicted octanol–water partition coefficient (Wildman–Crippen LogP) is 4.43. The van der Waals surface area contributed by atoms with Crippen molar-refractivity contribution in [3.05, 3.63) is 64.2 Å². The summed E-state index contributed by atoms with van der Waals surface area (Å²) in [6.07, 6.45) is 0. The van der Waals surface area contributed by atoms with Gasteiger partial charge in [0.05, 0.1) is 0 Å². The van der Waals surface area contributed by atoms with E-state index in [1.165, 1.54) is 5.56 Å². The number of ether oxygens (including phenoxy) is 1. The van der Waals surface area contributed by atoms with Gasteiger partial charge in [-0.3, -0.25) is 10.1 Å². The van der Waals surface area contributed by atoms with Crippen LogP contribution in [0.2, 0.25) is 5.02 Å². The second-order valence-electron chi connectivity index (χ2n) is 6.47. The Kier molecular flexibility index (Phi) is 6.85. The molecule has 1 atom stereocenters. The molecule has 2 aromatic rings. The van der Waals surface area contributed by atoms with Gasteiger partial charge < -0.3 is 9.84 Å². The fourth-order valence-electron chi connectivity index (χ4n) is 2.50. The SMILES string of the molecule is Cc1ccc(COc2ccc(Cl)cc2CNC(C(=O)O)C(C)C)cc1. The van der Waals surface area contributed by atoms with E-state index < -0.39 is 12.0 Å². The molecule has 25 heavy (non-hydrogen) atoms. The highest BCUT2D eigenvalue weighted by Gasteiger charge is 2.21. The van der Waals surface area contributed by atoms with E-state index in [1.807, 2.05) is 51.1 Å². The fraction of sp³-hybridized carbons (Fsp3) is 0.350. The molecule has 0 amide bonds.